The third kappa shape index (κ3) is 4.43. The van der Waals surface area contributed by atoms with Gasteiger partial charge in [0.25, 0.3) is 5.56 Å². The van der Waals surface area contributed by atoms with Crippen LogP contribution < -0.4 is 5.56 Å². The highest BCUT2D eigenvalue weighted by Gasteiger charge is 2.34. The fourth-order valence-corrected chi connectivity index (χ4v) is 4.38. The van der Waals surface area contributed by atoms with Gasteiger partial charge in [0.1, 0.15) is 5.75 Å². The summed E-state index contributed by atoms with van der Waals surface area (Å²) < 4.78 is 6.89. The molecule has 3 rings (SSSR count). The molecule has 0 radical (unpaired) electrons. The minimum Gasteiger partial charge on any atom is -0.507 e. The zero-order valence-corrected chi connectivity index (χ0v) is 18.4. The number of likely N-dealkylation sites (tertiary alicyclic amines) is 1. The van der Waals surface area contributed by atoms with Crippen molar-refractivity contribution in [2.45, 2.75) is 53.1 Å². The molecule has 1 saturated heterocycles. The van der Waals surface area contributed by atoms with E-state index in [1.165, 1.54) is 0 Å². The normalized spacial score (nSPS) is 16.4. The van der Waals surface area contributed by atoms with Gasteiger partial charge < -0.3 is 14.4 Å². The first-order valence-electron chi connectivity index (χ1n) is 10.8. The lowest BCUT2D eigenvalue weighted by Crippen LogP contribution is -2.42. The highest BCUT2D eigenvalue weighted by atomic mass is 16.5. The van der Waals surface area contributed by atoms with E-state index in [2.05, 4.69) is 4.90 Å². The summed E-state index contributed by atoms with van der Waals surface area (Å²) in [6.45, 7) is 9.85. The molecule has 0 spiro atoms. The van der Waals surface area contributed by atoms with E-state index in [0.29, 0.717) is 44.6 Å². The van der Waals surface area contributed by atoms with Crippen LogP contribution in [0.15, 0.2) is 35.1 Å². The molecule has 0 bridgehead atoms. The molecule has 2 heterocycles. The van der Waals surface area contributed by atoms with E-state index in [1.807, 2.05) is 52.0 Å². The SMILES string of the molecule is CCOC(=O)C1CCN([C@H](c2ccc(C)cc2)c2c(O)cc(C)n(CC)c2=O)CC1. The number of carbonyl (C=O) groups excluding carboxylic acids is 1. The van der Waals surface area contributed by atoms with Gasteiger partial charge in [-0.25, -0.2) is 0 Å². The second-order valence-electron chi connectivity index (χ2n) is 8.01. The van der Waals surface area contributed by atoms with E-state index in [4.69, 9.17) is 4.74 Å². The number of aromatic hydroxyl groups is 1. The first-order chi connectivity index (χ1) is 14.4. The van der Waals surface area contributed by atoms with Crippen LogP contribution in [0, 0.1) is 19.8 Å². The number of esters is 1. The molecule has 6 heteroatoms. The van der Waals surface area contributed by atoms with Gasteiger partial charge >= 0.3 is 5.97 Å². The summed E-state index contributed by atoms with van der Waals surface area (Å²) in [7, 11) is 0. The Bertz CT molecular complexity index is 941. The first-order valence-corrected chi connectivity index (χ1v) is 10.8. The smallest absolute Gasteiger partial charge is 0.309 e. The molecule has 1 aliphatic rings. The van der Waals surface area contributed by atoms with E-state index in [9.17, 15) is 14.7 Å². The molecule has 162 valence electrons. The Kier molecular flexibility index (Phi) is 6.98. The molecule has 0 amide bonds. The second-order valence-corrected chi connectivity index (χ2v) is 8.01. The highest BCUT2D eigenvalue weighted by molar-refractivity contribution is 5.72. The van der Waals surface area contributed by atoms with Gasteiger partial charge in [0.15, 0.2) is 0 Å². The average molecular weight is 413 g/mol. The van der Waals surface area contributed by atoms with Gasteiger partial charge in [0, 0.05) is 12.2 Å². The number of hydrogen-bond donors (Lipinski definition) is 1. The van der Waals surface area contributed by atoms with Crippen LogP contribution in [-0.4, -0.2) is 40.2 Å². The number of nitrogens with zero attached hydrogens (tertiary/aromatic N) is 2. The molecule has 2 aromatic rings. The average Bonchev–Trinajstić information content (AvgIpc) is 2.72. The molecule has 30 heavy (non-hydrogen) atoms. The van der Waals surface area contributed by atoms with Crippen LogP contribution >= 0.6 is 0 Å². The maximum Gasteiger partial charge on any atom is 0.309 e. The maximum atomic E-state index is 13.3. The summed E-state index contributed by atoms with van der Waals surface area (Å²) in [5.41, 5.74) is 3.09. The number of ether oxygens (including phenoxy) is 1. The van der Waals surface area contributed by atoms with Crippen molar-refractivity contribution in [3.8, 4) is 5.75 Å². The Hall–Kier alpha value is -2.60. The number of piperidine rings is 1. The van der Waals surface area contributed by atoms with Gasteiger partial charge in [-0.1, -0.05) is 29.8 Å². The van der Waals surface area contributed by atoms with E-state index in [1.54, 1.807) is 10.6 Å². The lowest BCUT2D eigenvalue weighted by Gasteiger charge is -2.37. The first kappa shape index (κ1) is 22.1. The fourth-order valence-electron chi connectivity index (χ4n) is 4.38. The van der Waals surface area contributed by atoms with Crippen LogP contribution in [0.2, 0.25) is 0 Å². The Morgan fingerprint density at radius 2 is 1.80 bits per heavy atom. The molecule has 1 aromatic heterocycles. The summed E-state index contributed by atoms with van der Waals surface area (Å²) in [4.78, 5) is 27.7. The molecule has 1 aromatic carbocycles. The number of pyridine rings is 1. The largest absolute Gasteiger partial charge is 0.507 e. The van der Waals surface area contributed by atoms with Crippen molar-refractivity contribution >= 4 is 5.97 Å². The second kappa shape index (κ2) is 9.47. The van der Waals surface area contributed by atoms with Crippen molar-refractivity contribution in [2.24, 2.45) is 5.92 Å². The quantitative estimate of drug-likeness (QED) is 0.735. The number of aromatic nitrogens is 1. The van der Waals surface area contributed by atoms with Gasteiger partial charge in [-0.2, -0.15) is 0 Å². The summed E-state index contributed by atoms with van der Waals surface area (Å²) in [6.07, 6.45) is 1.35. The van der Waals surface area contributed by atoms with E-state index < -0.39 is 0 Å². The summed E-state index contributed by atoms with van der Waals surface area (Å²) >= 11 is 0. The molecular formula is C24H32N2O4. The van der Waals surface area contributed by atoms with Gasteiger partial charge in [-0.3, -0.25) is 14.5 Å². The Morgan fingerprint density at radius 3 is 2.37 bits per heavy atom. The van der Waals surface area contributed by atoms with E-state index >= 15 is 0 Å². The number of carbonyl (C=O) groups is 1. The summed E-state index contributed by atoms with van der Waals surface area (Å²) in [5, 5.41) is 10.8. The third-order valence-electron chi connectivity index (χ3n) is 6.02. The molecule has 1 aliphatic heterocycles. The van der Waals surface area contributed by atoms with Crippen molar-refractivity contribution in [3.05, 3.63) is 63.1 Å². The molecule has 0 saturated carbocycles. The van der Waals surface area contributed by atoms with Crippen LogP contribution in [0.4, 0.5) is 0 Å². The number of hydrogen-bond acceptors (Lipinski definition) is 5. The van der Waals surface area contributed by atoms with Crippen LogP contribution in [0.25, 0.3) is 0 Å². The van der Waals surface area contributed by atoms with Crippen molar-refractivity contribution < 1.29 is 14.6 Å². The molecular weight excluding hydrogens is 380 g/mol. The molecule has 1 atom stereocenters. The number of benzene rings is 1. The molecule has 0 unspecified atom stereocenters. The predicted octanol–water partition coefficient (Wildman–Crippen LogP) is 3.56. The predicted molar refractivity (Wildman–Crippen MR) is 117 cm³/mol. The molecule has 0 aliphatic carbocycles. The van der Waals surface area contributed by atoms with Crippen LogP contribution in [0.3, 0.4) is 0 Å². The van der Waals surface area contributed by atoms with Crippen molar-refractivity contribution in [3.63, 3.8) is 0 Å². The van der Waals surface area contributed by atoms with Crippen molar-refractivity contribution in [1.82, 2.24) is 9.47 Å². The summed E-state index contributed by atoms with van der Waals surface area (Å²) in [6, 6.07) is 9.40. The van der Waals surface area contributed by atoms with Gasteiger partial charge in [-0.05, 0) is 65.3 Å². The van der Waals surface area contributed by atoms with Crippen molar-refractivity contribution in [2.75, 3.05) is 19.7 Å². The highest BCUT2D eigenvalue weighted by Crippen LogP contribution is 2.35. The molecule has 6 nitrogen and oxygen atoms in total. The van der Waals surface area contributed by atoms with E-state index in [0.717, 1.165) is 16.8 Å². The Labute approximate surface area is 178 Å². The van der Waals surface area contributed by atoms with Gasteiger partial charge in [0.2, 0.25) is 0 Å². The lowest BCUT2D eigenvalue weighted by molar-refractivity contribution is -0.149. The van der Waals surface area contributed by atoms with Crippen LogP contribution in [0.1, 0.15) is 55.1 Å². The molecule has 1 N–H and O–H groups in total. The number of rotatable bonds is 6. The minimum absolute atomic E-state index is 0.0280. The van der Waals surface area contributed by atoms with Crippen molar-refractivity contribution in [1.29, 1.82) is 0 Å². The minimum atomic E-state index is -0.361. The fraction of sp³-hybridized carbons (Fsp3) is 0.500. The number of aryl methyl sites for hydroxylation is 2. The standard InChI is InChI=1S/C24H32N2O4/c1-5-26-17(4)15-20(27)21(23(26)28)22(18-9-7-16(3)8-10-18)25-13-11-19(12-14-25)24(29)30-6-2/h7-10,15,19,22,27H,5-6,11-14H2,1-4H3/t22-/m1/s1. The maximum absolute atomic E-state index is 13.3. The molecule has 1 fully saturated rings. The zero-order valence-electron chi connectivity index (χ0n) is 18.4. The lowest BCUT2D eigenvalue weighted by atomic mass is 9.91. The Morgan fingerprint density at radius 1 is 1.17 bits per heavy atom. The summed E-state index contributed by atoms with van der Waals surface area (Å²) in [5.74, 6) is -0.227. The van der Waals surface area contributed by atoms with E-state index in [-0.39, 0.29) is 29.2 Å². The zero-order chi connectivity index (χ0) is 21.8. The third-order valence-corrected chi connectivity index (χ3v) is 6.02. The monoisotopic (exact) mass is 412 g/mol. The van der Waals surface area contributed by atoms with Crippen LogP contribution in [0.5, 0.6) is 5.75 Å². The topological polar surface area (TPSA) is 71.8 Å². The van der Waals surface area contributed by atoms with Crippen LogP contribution in [-0.2, 0) is 16.1 Å². The van der Waals surface area contributed by atoms with Gasteiger partial charge in [-0.15, -0.1) is 0 Å². The van der Waals surface area contributed by atoms with Gasteiger partial charge in [0.05, 0.1) is 24.1 Å². The Balaban J connectivity index is 2.01.